The Balaban J connectivity index is 1.91. The molecule has 0 spiro atoms. The first-order valence-electron chi connectivity index (χ1n) is 7.57. The lowest BCUT2D eigenvalue weighted by atomic mass is 10.1. The number of hydrogen-bond donors (Lipinski definition) is 1. The third-order valence-corrected chi connectivity index (χ3v) is 3.37. The highest BCUT2D eigenvalue weighted by Gasteiger charge is 2.00. The molecule has 21 heavy (non-hydrogen) atoms. The Morgan fingerprint density at radius 1 is 1.00 bits per heavy atom. The molecule has 2 rings (SSSR count). The molecule has 0 heterocycles. The second-order valence-corrected chi connectivity index (χ2v) is 6.02. The number of anilines is 1. The lowest BCUT2D eigenvalue weighted by Gasteiger charge is -2.12. The second kappa shape index (κ2) is 7.16. The molecule has 0 amide bonds. The summed E-state index contributed by atoms with van der Waals surface area (Å²) < 4.78 is 5.70. The van der Waals surface area contributed by atoms with Crippen LogP contribution in [0.25, 0.3) is 0 Å². The van der Waals surface area contributed by atoms with Crippen molar-refractivity contribution in [3.05, 3.63) is 59.2 Å². The van der Waals surface area contributed by atoms with E-state index >= 15 is 0 Å². The van der Waals surface area contributed by atoms with Gasteiger partial charge < -0.3 is 10.1 Å². The molecule has 2 nitrogen and oxygen atoms in total. The normalized spacial score (nSPS) is 10.7. The van der Waals surface area contributed by atoms with Crippen LogP contribution in [0.5, 0.6) is 5.75 Å². The van der Waals surface area contributed by atoms with Crippen molar-refractivity contribution in [2.75, 3.05) is 11.9 Å². The first-order chi connectivity index (χ1) is 10.0. The van der Waals surface area contributed by atoms with E-state index in [4.69, 9.17) is 4.74 Å². The maximum absolute atomic E-state index is 5.70. The monoisotopic (exact) mass is 283 g/mol. The van der Waals surface area contributed by atoms with Crippen molar-refractivity contribution in [1.29, 1.82) is 0 Å². The van der Waals surface area contributed by atoms with Crippen LogP contribution in [-0.2, 0) is 6.54 Å². The molecular formula is C19H25NO. The van der Waals surface area contributed by atoms with Gasteiger partial charge in [-0.15, -0.1) is 0 Å². The lowest BCUT2D eigenvalue weighted by Crippen LogP contribution is -2.05. The molecule has 0 saturated heterocycles. The van der Waals surface area contributed by atoms with E-state index in [1.54, 1.807) is 0 Å². The second-order valence-electron chi connectivity index (χ2n) is 6.02. The third kappa shape index (κ3) is 4.82. The molecule has 2 heteroatoms. The van der Waals surface area contributed by atoms with Crippen molar-refractivity contribution in [1.82, 2.24) is 0 Å². The molecule has 1 N–H and O–H groups in total. The molecule has 2 aromatic carbocycles. The SMILES string of the molecule is Cc1ccc(NCc2ccc(OCC(C)C)cc2)c(C)c1. The minimum atomic E-state index is 0.552. The molecule has 2 aromatic rings. The lowest BCUT2D eigenvalue weighted by molar-refractivity contribution is 0.271. The maximum Gasteiger partial charge on any atom is 0.119 e. The van der Waals surface area contributed by atoms with E-state index in [1.807, 2.05) is 12.1 Å². The van der Waals surface area contributed by atoms with Gasteiger partial charge in [-0.1, -0.05) is 43.7 Å². The zero-order valence-corrected chi connectivity index (χ0v) is 13.4. The molecule has 0 aliphatic heterocycles. The van der Waals surface area contributed by atoms with Crippen molar-refractivity contribution in [3.8, 4) is 5.75 Å². The van der Waals surface area contributed by atoms with Gasteiger partial charge in [0.15, 0.2) is 0 Å². The van der Waals surface area contributed by atoms with Gasteiger partial charge >= 0.3 is 0 Å². The van der Waals surface area contributed by atoms with Crippen LogP contribution >= 0.6 is 0 Å². The number of rotatable bonds is 6. The molecule has 0 aliphatic rings. The molecule has 0 aliphatic carbocycles. The minimum absolute atomic E-state index is 0.552. The van der Waals surface area contributed by atoms with E-state index in [2.05, 4.69) is 63.3 Å². The Morgan fingerprint density at radius 2 is 1.71 bits per heavy atom. The van der Waals surface area contributed by atoms with Gasteiger partial charge in [0.05, 0.1) is 6.61 Å². The topological polar surface area (TPSA) is 21.3 Å². The van der Waals surface area contributed by atoms with Crippen LogP contribution in [-0.4, -0.2) is 6.61 Å². The predicted molar refractivity (Wildman–Crippen MR) is 90.0 cm³/mol. The number of benzene rings is 2. The molecule has 0 atom stereocenters. The molecule has 0 bridgehead atoms. The Hall–Kier alpha value is -1.96. The summed E-state index contributed by atoms with van der Waals surface area (Å²) in [4.78, 5) is 0. The molecule has 0 unspecified atom stereocenters. The van der Waals surface area contributed by atoms with E-state index in [0.717, 1.165) is 18.9 Å². The van der Waals surface area contributed by atoms with Crippen LogP contribution < -0.4 is 10.1 Å². The summed E-state index contributed by atoms with van der Waals surface area (Å²) in [5, 5.41) is 3.49. The summed E-state index contributed by atoms with van der Waals surface area (Å²) in [7, 11) is 0. The van der Waals surface area contributed by atoms with E-state index in [0.29, 0.717) is 5.92 Å². The largest absolute Gasteiger partial charge is 0.493 e. The van der Waals surface area contributed by atoms with Crippen LogP contribution in [0.2, 0.25) is 0 Å². The van der Waals surface area contributed by atoms with Crippen LogP contribution in [0.15, 0.2) is 42.5 Å². The van der Waals surface area contributed by atoms with E-state index in [-0.39, 0.29) is 0 Å². The quantitative estimate of drug-likeness (QED) is 0.810. The summed E-state index contributed by atoms with van der Waals surface area (Å²) in [5.41, 5.74) is 5.03. The van der Waals surface area contributed by atoms with Gasteiger partial charge in [0, 0.05) is 12.2 Å². The summed E-state index contributed by atoms with van der Waals surface area (Å²) >= 11 is 0. The molecular weight excluding hydrogens is 258 g/mol. The minimum Gasteiger partial charge on any atom is -0.493 e. The summed E-state index contributed by atoms with van der Waals surface area (Å²) in [5.74, 6) is 1.50. The van der Waals surface area contributed by atoms with Crippen LogP contribution in [0, 0.1) is 19.8 Å². The fourth-order valence-electron chi connectivity index (χ4n) is 2.18. The molecule has 0 aromatic heterocycles. The van der Waals surface area contributed by atoms with Crippen molar-refractivity contribution in [3.63, 3.8) is 0 Å². The number of ether oxygens (including phenoxy) is 1. The highest BCUT2D eigenvalue weighted by atomic mass is 16.5. The fraction of sp³-hybridized carbons (Fsp3) is 0.368. The average molecular weight is 283 g/mol. The summed E-state index contributed by atoms with van der Waals surface area (Å²) in [6, 6.07) is 14.8. The van der Waals surface area contributed by atoms with E-state index < -0.39 is 0 Å². The van der Waals surface area contributed by atoms with Crippen molar-refractivity contribution >= 4 is 5.69 Å². The van der Waals surface area contributed by atoms with Crippen molar-refractivity contribution in [2.45, 2.75) is 34.2 Å². The fourth-order valence-corrected chi connectivity index (χ4v) is 2.18. The van der Waals surface area contributed by atoms with Crippen LogP contribution in [0.1, 0.15) is 30.5 Å². The summed E-state index contributed by atoms with van der Waals surface area (Å²) in [6.07, 6.45) is 0. The van der Waals surface area contributed by atoms with Gasteiger partial charge in [0.25, 0.3) is 0 Å². The Kier molecular flexibility index (Phi) is 5.26. The van der Waals surface area contributed by atoms with Gasteiger partial charge in [0.1, 0.15) is 5.75 Å². The van der Waals surface area contributed by atoms with Crippen LogP contribution in [0.4, 0.5) is 5.69 Å². The number of aryl methyl sites for hydroxylation is 2. The number of hydrogen-bond acceptors (Lipinski definition) is 2. The average Bonchev–Trinajstić information content (AvgIpc) is 2.45. The zero-order chi connectivity index (χ0) is 15.2. The standard InChI is InChI=1S/C19H25NO/c1-14(2)13-21-18-8-6-17(7-9-18)12-20-19-10-5-15(3)11-16(19)4/h5-11,14,20H,12-13H2,1-4H3. The maximum atomic E-state index is 5.70. The molecule has 0 radical (unpaired) electrons. The van der Waals surface area contributed by atoms with Gasteiger partial charge in [-0.25, -0.2) is 0 Å². The van der Waals surface area contributed by atoms with Crippen LogP contribution in [0.3, 0.4) is 0 Å². The smallest absolute Gasteiger partial charge is 0.119 e. The number of nitrogens with one attached hydrogen (secondary N) is 1. The van der Waals surface area contributed by atoms with Gasteiger partial charge in [0.2, 0.25) is 0 Å². The molecule has 112 valence electrons. The predicted octanol–water partition coefficient (Wildman–Crippen LogP) is 4.95. The Bertz CT molecular complexity index is 573. The Labute approximate surface area is 128 Å². The van der Waals surface area contributed by atoms with Gasteiger partial charge in [-0.3, -0.25) is 0 Å². The first kappa shape index (κ1) is 15.4. The highest BCUT2D eigenvalue weighted by molar-refractivity contribution is 5.52. The highest BCUT2D eigenvalue weighted by Crippen LogP contribution is 2.18. The zero-order valence-electron chi connectivity index (χ0n) is 13.4. The van der Waals surface area contributed by atoms with Crippen molar-refractivity contribution < 1.29 is 4.74 Å². The van der Waals surface area contributed by atoms with Gasteiger partial charge in [-0.05, 0) is 49.1 Å². The van der Waals surface area contributed by atoms with E-state index in [1.165, 1.54) is 22.4 Å². The van der Waals surface area contributed by atoms with Crippen molar-refractivity contribution in [2.24, 2.45) is 5.92 Å². The summed E-state index contributed by atoms with van der Waals surface area (Å²) in [6.45, 7) is 10.2. The Morgan fingerprint density at radius 3 is 2.33 bits per heavy atom. The first-order valence-corrected chi connectivity index (χ1v) is 7.57. The van der Waals surface area contributed by atoms with E-state index in [9.17, 15) is 0 Å². The molecule has 0 saturated carbocycles. The third-order valence-electron chi connectivity index (χ3n) is 3.37. The molecule has 0 fully saturated rings. The van der Waals surface area contributed by atoms with Gasteiger partial charge in [-0.2, -0.15) is 0 Å².